The fourth-order valence-electron chi connectivity index (χ4n) is 5.24. The Morgan fingerprint density at radius 1 is 1.29 bits per heavy atom. The van der Waals surface area contributed by atoms with Gasteiger partial charge < -0.3 is 5.11 Å². The minimum absolute atomic E-state index is 0.0775. The van der Waals surface area contributed by atoms with Crippen LogP contribution in [0.15, 0.2) is 23.3 Å². The normalized spacial score (nSPS) is 43.3. The highest BCUT2D eigenvalue weighted by atomic mass is 16.3. The van der Waals surface area contributed by atoms with Crippen molar-refractivity contribution in [3.8, 4) is 0 Å². The van der Waals surface area contributed by atoms with Crippen LogP contribution in [0.4, 0.5) is 0 Å². The van der Waals surface area contributed by atoms with Crippen LogP contribution in [0.2, 0.25) is 0 Å². The van der Waals surface area contributed by atoms with E-state index < -0.39 is 0 Å². The van der Waals surface area contributed by atoms with Crippen molar-refractivity contribution >= 4 is 5.78 Å². The molecule has 4 bridgehead atoms. The second-order valence-electron chi connectivity index (χ2n) is 7.63. The fraction of sp³-hybridized carbons (Fsp3) is 0.737. The van der Waals surface area contributed by atoms with E-state index in [1.165, 1.54) is 11.1 Å². The summed E-state index contributed by atoms with van der Waals surface area (Å²) in [5.41, 5.74) is 4.12. The van der Waals surface area contributed by atoms with Crippen molar-refractivity contribution in [2.24, 2.45) is 29.6 Å². The van der Waals surface area contributed by atoms with Crippen molar-refractivity contribution in [3.05, 3.63) is 23.3 Å². The van der Waals surface area contributed by atoms with Gasteiger partial charge >= 0.3 is 0 Å². The van der Waals surface area contributed by atoms with Crippen LogP contribution < -0.4 is 0 Å². The van der Waals surface area contributed by atoms with E-state index in [1.807, 2.05) is 0 Å². The molecule has 0 aliphatic heterocycles. The van der Waals surface area contributed by atoms with Gasteiger partial charge in [-0.2, -0.15) is 0 Å². The van der Waals surface area contributed by atoms with Crippen LogP contribution >= 0.6 is 0 Å². The molecule has 2 saturated carbocycles. The van der Waals surface area contributed by atoms with E-state index >= 15 is 0 Å². The van der Waals surface area contributed by atoms with E-state index in [2.05, 4.69) is 27.4 Å². The molecule has 6 atom stereocenters. The zero-order chi connectivity index (χ0) is 15.3. The Morgan fingerprint density at radius 3 is 2.67 bits per heavy atom. The van der Waals surface area contributed by atoms with Crippen molar-refractivity contribution in [1.29, 1.82) is 0 Å². The zero-order valence-corrected chi connectivity index (χ0v) is 13.6. The first-order valence-corrected chi connectivity index (χ1v) is 8.47. The first kappa shape index (κ1) is 15.0. The average Bonchev–Trinajstić information content (AvgIpc) is 2.44. The van der Waals surface area contributed by atoms with Gasteiger partial charge in [-0.15, -0.1) is 0 Å². The number of allylic oxidation sites excluding steroid dienone is 2. The lowest BCUT2D eigenvalue weighted by Crippen LogP contribution is -2.47. The largest absolute Gasteiger partial charge is 0.392 e. The molecular formula is C19H28O2. The summed E-state index contributed by atoms with van der Waals surface area (Å²) in [6.07, 6.45) is 4.45. The maximum atomic E-state index is 12.7. The molecular weight excluding hydrogens is 260 g/mol. The van der Waals surface area contributed by atoms with Gasteiger partial charge in [-0.05, 0) is 57.3 Å². The first-order chi connectivity index (χ1) is 9.91. The molecule has 0 saturated heterocycles. The lowest BCUT2D eigenvalue weighted by atomic mass is 9.55. The van der Waals surface area contributed by atoms with Crippen molar-refractivity contribution in [3.63, 3.8) is 0 Å². The summed E-state index contributed by atoms with van der Waals surface area (Å²) in [4.78, 5) is 12.7. The molecule has 0 radical (unpaired) electrons. The Bertz CT molecular complexity index is 502. The van der Waals surface area contributed by atoms with E-state index in [0.29, 0.717) is 24.0 Å². The smallest absolute Gasteiger partial charge is 0.136 e. The molecule has 0 heterocycles. The minimum Gasteiger partial charge on any atom is -0.392 e. The third-order valence-electron chi connectivity index (χ3n) is 6.44. The summed E-state index contributed by atoms with van der Waals surface area (Å²) >= 11 is 0. The molecule has 0 aromatic rings. The van der Waals surface area contributed by atoms with Crippen LogP contribution in [-0.4, -0.2) is 17.0 Å². The predicted molar refractivity (Wildman–Crippen MR) is 84.7 cm³/mol. The molecule has 116 valence electrons. The Morgan fingerprint density at radius 2 is 2.00 bits per heavy atom. The molecule has 2 nitrogen and oxygen atoms in total. The van der Waals surface area contributed by atoms with Gasteiger partial charge in [0.05, 0.1) is 6.10 Å². The van der Waals surface area contributed by atoms with Gasteiger partial charge in [-0.1, -0.05) is 30.2 Å². The van der Waals surface area contributed by atoms with Crippen molar-refractivity contribution in [2.75, 3.05) is 0 Å². The average molecular weight is 288 g/mol. The first-order valence-electron chi connectivity index (χ1n) is 8.47. The van der Waals surface area contributed by atoms with Crippen LogP contribution in [0.5, 0.6) is 0 Å². The maximum absolute atomic E-state index is 12.7. The van der Waals surface area contributed by atoms with E-state index in [1.54, 1.807) is 0 Å². The molecule has 3 aliphatic rings. The Hall–Kier alpha value is -0.890. The number of rotatable bonds is 1. The second kappa shape index (κ2) is 5.39. The quantitative estimate of drug-likeness (QED) is 0.743. The van der Waals surface area contributed by atoms with Gasteiger partial charge in [-0.25, -0.2) is 0 Å². The highest BCUT2D eigenvalue weighted by Gasteiger charge is 2.48. The Labute approximate surface area is 128 Å². The van der Waals surface area contributed by atoms with Crippen LogP contribution in [0.25, 0.3) is 0 Å². The molecule has 3 rings (SSSR count). The van der Waals surface area contributed by atoms with E-state index in [0.717, 1.165) is 31.3 Å². The molecule has 0 aromatic carbocycles. The van der Waals surface area contributed by atoms with Gasteiger partial charge in [-0.3, -0.25) is 4.79 Å². The number of carbonyl (C=O) groups excluding carboxylic acids is 1. The second-order valence-corrected chi connectivity index (χ2v) is 7.63. The number of aliphatic hydroxyl groups is 1. The van der Waals surface area contributed by atoms with Gasteiger partial charge in [0.2, 0.25) is 0 Å². The molecule has 0 aromatic heterocycles. The van der Waals surface area contributed by atoms with Crippen molar-refractivity contribution < 1.29 is 9.90 Å². The predicted octanol–water partition coefficient (Wildman–Crippen LogP) is 3.90. The number of hydrogen-bond donors (Lipinski definition) is 1. The molecule has 2 fully saturated rings. The van der Waals surface area contributed by atoms with Gasteiger partial charge in [0, 0.05) is 18.3 Å². The molecule has 21 heavy (non-hydrogen) atoms. The van der Waals surface area contributed by atoms with Crippen molar-refractivity contribution in [2.45, 2.75) is 59.0 Å². The zero-order valence-electron chi connectivity index (χ0n) is 13.6. The van der Waals surface area contributed by atoms with Gasteiger partial charge in [0.1, 0.15) is 5.78 Å². The Kier molecular flexibility index (Phi) is 3.85. The molecule has 0 unspecified atom stereocenters. The van der Waals surface area contributed by atoms with Crippen molar-refractivity contribution in [1.82, 2.24) is 0 Å². The van der Waals surface area contributed by atoms with Gasteiger partial charge in [0.25, 0.3) is 0 Å². The third-order valence-corrected chi connectivity index (χ3v) is 6.44. The van der Waals surface area contributed by atoms with E-state index in [9.17, 15) is 9.90 Å². The van der Waals surface area contributed by atoms with E-state index in [-0.39, 0.29) is 23.9 Å². The standard InChI is InChI=1S/C19H28O2/c1-10(2)15-9-17(21)12(4)13-6-5-11(3)18-14(15)7-8-16(20)19(13)18/h12-16,19-20H,1,5-9H2,2-4H3/t12-,13+,14+,15+,16+,19+/m1/s1. The summed E-state index contributed by atoms with van der Waals surface area (Å²) in [5, 5.41) is 10.6. The van der Waals surface area contributed by atoms with Crippen LogP contribution in [0, 0.1) is 29.6 Å². The topological polar surface area (TPSA) is 37.3 Å². The molecule has 1 N–H and O–H groups in total. The summed E-state index contributed by atoms with van der Waals surface area (Å²) in [7, 11) is 0. The fourth-order valence-corrected chi connectivity index (χ4v) is 5.24. The number of aliphatic hydroxyl groups excluding tert-OH is 1. The SMILES string of the molecule is C=C(C)[C@@H]1CC(=O)[C@H](C)[C@@H]2CCC(C)=C3[C@@H]2[C@@H](O)CC[C@H]31. The number of hydrogen-bond acceptors (Lipinski definition) is 2. The number of carbonyl (C=O) groups is 1. The number of ketones is 1. The Balaban J connectivity index is 2.13. The maximum Gasteiger partial charge on any atom is 0.136 e. The molecule has 3 aliphatic carbocycles. The van der Waals surface area contributed by atoms with E-state index in [4.69, 9.17) is 0 Å². The lowest BCUT2D eigenvalue weighted by Gasteiger charge is -2.50. The third kappa shape index (κ3) is 2.32. The number of Topliss-reactive ketones (excluding diaryl/α,β-unsaturated/α-hetero) is 1. The summed E-state index contributed by atoms with van der Waals surface area (Å²) in [6, 6.07) is 0. The highest BCUT2D eigenvalue weighted by Crippen LogP contribution is 2.53. The lowest BCUT2D eigenvalue weighted by molar-refractivity contribution is -0.128. The molecule has 2 heteroatoms. The minimum atomic E-state index is -0.254. The summed E-state index contributed by atoms with van der Waals surface area (Å²) < 4.78 is 0. The van der Waals surface area contributed by atoms with Crippen LogP contribution in [0.1, 0.15) is 52.9 Å². The summed E-state index contributed by atoms with van der Waals surface area (Å²) in [5.74, 6) is 1.75. The monoisotopic (exact) mass is 288 g/mol. The highest BCUT2D eigenvalue weighted by molar-refractivity contribution is 5.82. The van der Waals surface area contributed by atoms with Crippen LogP contribution in [-0.2, 0) is 4.79 Å². The summed E-state index contributed by atoms with van der Waals surface area (Å²) in [6.45, 7) is 10.6. The molecule has 0 spiro atoms. The molecule has 0 amide bonds. The van der Waals surface area contributed by atoms with Gasteiger partial charge in [0.15, 0.2) is 0 Å². The van der Waals surface area contributed by atoms with Crippen LogP contribution in [0.3, 0.4) is 0 Å².